The number of hydrogen-bond acceptors (Lipinski definition) is 6. The zero-order valence-electron chi connectivity index (χ0n) is 16.3. The fourth-order valence-corrected chi connectivity index (χ4v) is 3.38. The van der Waals surface area contributed by atoms with Crippen LogP contribution in [0.25, 0.3) is 22.0 Å². The van der Waals surface area contributed by atoms with Gasteiger partial charge in [-0.1, -0.05) is 0 Å². The third kappa shape index (κ3) is 5.14. The Morgan fingerprint density at radius 2 is 1.52 bits per heavy atom. The van der Waals surface area contributed by atoms with Crippen LogP contribution in [0.1, 0.15) is 0 Å². The molecular weight excluding hydrogens is 435 g/mol. The number of rotatable bonds is 4. The second-order valence-corrected chi connectivity index (χ2v) is 6.22. The Morgan fingerprint density at radius 1 is 0.862 bits per heavy atom. The number of anilines is 1. The van der Waals surface area contributed by atoms with Crippen molar-refractivity contribution in [3.05, 3.63) is 42.7 Å². The molecule has 29 heavy (non-hydrogen) atoms. The van der Waals surface area contributed by atoms with E-state index in [0.29, 0.717) is 11.5 Å². The lowest BCUT2D eigenvalue weighted by molar-refractivity contribution is 0.356. The number of nitrogens with zero attached hydrogens (tertiary/aromatic N) is 3. The van der Waals surface area contributed by atoms with Crippen LogP contribution in [-0.2, 0) is 0 Å². The van der Waals surface area contributed by atoms with Gasteiger partial charge in [-0.25, -0.2) is 4.98 Å². The highest BCUT2D eigenvalue weighted by atomic mass is 35.5. The number of ether oxygens (including phenoxy) is 2. The maximum atomic E-state index is 5.47. The van der Waals surface area contributed by atoms with Crippen LogP contribution in [0, 0.1) is 0 Å². The number of methoxy groups -OCH3 is 2. The van der Waals surface area contributed by atoms with Gasteiger partial charge in [-0.2, -0.15) is 0 Å². The molecule has 1 aliphatic heterocycles. The number of halogens is 3. The number of pyridine rings is 2. The summed E-state index contributed by atoms with van der Waals surface area (Å²) in [6, 6.07) is 10.1. The van der Waals surface area contributed by atoms with Gasteiger partial charge in [0.05, 0.1) is 19.7 Å². The van der Waals surface area contributed by atoms with Gasteiger partial charge in [0.25, 0.3) is 0 Å². The topological polar surface area (TPSA) is 59.5 Å². The predicted molar refractivity (Wildman–Crippen MR) is 125 cm³/mol. The first-order valence-corrected chi connectivity index (χ1v) is 8.73. The molecule has 0 unspecified atom stereocenters. The number of aromatic nitrogens is 2. The van der Waals surface area contributed by atoms with Gasteiger partial charge in [0.15, 0.2) is 11.5 Å². The number of benzene rings is 1. The predicted octanol–water partition coefficient (Wildman–Crippen LogP) is 3.99. The van der Waals surface area contributed by atoms with Crippen molar-refractivity contribution < 1.29 is 9.47 Å². The Morgan fingerprint density at radius 3 is 2.21 bits per heavy atom. The lowest BCUT2D eigenvalue weighted by atomic mass is 10.0. The molecule has 0 aliphatic carbocycles. The molecule has 3 heterocycles. The van der Waals surface area contributed by atoms with E-state index >= 15 is 0 Å². The van der Waals surface area contributed by atoms with Gasteiger partial charge in [-0.3, -0.25) is 4.98 Å². The maximum absolute atomic E-state index is 5.47. The first kappa shape index (κ1) is 25.0. The highest BCUT2D eigenvalue weighted by molar-refractivity contribution is 5.96. The Kier molecular flexibility index (Phi) is 9.73. The van der Waals surface area contributed by atoms with Crippen LogP contribution in [-0.4, -0.2) is 50.4 Å². The summed E-state index contributed by atoms with van der Waals surface area (Å²) >= 11 is 0. The molecule has 0 bridgehead atoms. The molecule has 1 N–H and O–H groups in total. The van der Waals surface area contributed by atoms with Gasteiger partial charge in [-0.05, 0) is 35.4 Å². The van der Waals surface area contributed by atoms with Gasteiger partial charge in [0.1, 0.15) is 5.82 Å². The van der Waals surface area contributed by atoms with Gasteiger partial charge in [0.2, 0.25) is 0 Å². The average Bonchev–Trinajstić information content (AvgIpc) is 2.73. The van der Waals surface area contributed by atoms with E-state index in [9.17, 15) is 0 Å². The van der Waals surface area contributed by atoms with Crippen molar-refractivity contribution in [3.8, 4) is 22.6 Å². The smallest absolute Gasteiger partial charge is 0.162 e. The molecule has 0 saturated carbocycles. The summed E-state index contributed by atoms with van der Waals surface area (Å²) in [7, 11) is 3.28. The Hall–Kier alpha value is -1.99. The monoisotopic (exact) mass is 458 g/mol. The van der Waals surface area contributed by atoms with Gasteiger partial charge in [0, 0.05) is 50.0 Å². The zero-order chi connectivity index (χ0) is 17.9. The van der Waals surface area contributed by atoms with Crippen molar-refractivity contribution in [2.24, 2.45) is 0 Å². The molecule has 1 aliphatic rings. The normalized spacial score (nSPS) is 13.0. The fraction of sp³-hybridized carbons (Fsp3) is 0.300. The second kappa shape index (κ2) is 11.3. The molecule has 4 rings (SSSR count). The molecule has 1 saturated heterocycles. The number of hydrogen-bond donors (Lipinski definition) is 1. The minimum atomic E-state index is 0. The first-order chi connectivity index (χ1) is 12.8. The molecule has 3 aromatic rings. The molecular formula is C20H25Cl3N4O2. The molecule has 1 aromatic carbocycles. The third-order valence-electron chi connectivity index (χ3n) is 4.74. The van der Waals surface area contributed by atoms with Crippen LogP contribution in [0.5, 0.6) is 11.5 Å². The van der Waals surface area contributed by atoms with Crippen LogP contribution in [0.3, 0.4) is 0 Å². The van der Waals surface area contributed by atoms with Crippen molar-refractivity contribution in [2.45, 2.75) is 0 Å². The minimum absolute atomic E-state index is 0. The van der Waals surface area contributed by atoms with Crippen LogP contribution in [0.4, 0.5) is 5.82 Å². The Bertz CT molecular complexity index is 937. The van der Waals surface area contributed by atoms with Gasteiger partial charge >= 0.3 is 0 Å². The fourth-order valence-electron chi connectivity index (χ4n) is 3.38. The lowest BCUT2D eigenvalue weighted by Gasteiger charge is -2.28. The minimum Gasteiger partial charge on any atom is -0.493 e. The summed E-state index contributed by atoms with van der Waals surface area (Å²) in [6.45, 7) is 3.92. The van der Waals surface area contributed by atoms with E-state index < -0.39 is 0 Å². The third-order valence-corrected chi connectivity index (χ3v) is 4.74. The Balaban J connectivity index is 0.00000140. The Labute approximate surface area is 189 Å². The molecule has 0 atom stereocenters. The van der Waals surface area contributed by atoms with E-state index in [4.69, 9.17) is 9.47 Å². The van der Waals surface area contributed by atoms with Crippen molar-refractivity contribution in [2.75, 3.05) is 45.3 Å². The van der Waals surface area contributed by atoms with E-state index in [1.54, 1.807) is 14.2 Å². The highest BCUT2D eigenvalue weighted by Gasteiger charge is 2.14. The summed E-state index contributed by atoms with van der Waals surface area (Å²) in [5.41, 5.74) is 3.10. The molecule has 0 amide bonds. The molecule has 158 valence electrons. The highest BCUT2D eigenvalue weighted by Crippen LogP contribution is 2.36. The molecule has 6 nitrogen and oxygen atoms in total. The van der Waals surface area contributed by atoms with Crippen LogP contribution in [0.15, 0.2) is 42.7 Å². The largest absolute Gasteiger partial charge is 0.493 e. The molecule has 1 fully saturated rings. The van der Waals surface area contributed by atoms with Crippen molar-refractivity contribution in [1.82, 2.24) is 15.3 Å². The molecule has 9 heteroatoms. The summed E-state index contributed by atoms with van der Waals surface area (Å²) in [6.07, 6.45) is 3.70. The van der Waals surface area contributed by atoms with E-state index in [1.807, 2.05) is 36.7 Å². The maximum Gasteiger partial charge on any atom is 0.162 e. The van der Waals surface area contributed by atoms with Gasteiger partial charge in [-0.15, -0.1) is 37.2 Å². The van der Waals surface area contributed by atoms with E-state index in [1.165, 1.54) is 0 Å². The number of fused-ring (bicyclic) bond motifs is 1. The molecule has 0 radical (unpaired) electrons. The van der Waals surface area contributed by atoms with Crippen molar-refractivity contribution in [3.63, 3.8) is 0 Å². The van der Waals surface area contributed by atoms with E-state index in [0.717, 1.165) is 54.0 Å². The quantitative estimate of drug-likeness (QED) is 0.637. The summed E-state index contributed by atoms with van der Waals surface area (Å²) in [5.74, 6) is 2.39. The number of piperazine rings is 1. The lowest BCUT2D eigenvalue weighted by Crippen LogP contribution is -2.43. The summed E-state index contributed by atoms with van der Waals surface area (Å²) in [5, 5.41) is 4.41. The summed E-state index contributed by atoms with van der Waals surface area (Å²) in [4.78, 5) is 11.4. The zero-order valence-corrected chi connectivity index (χ0v) is 18.7. The number of nitrogens with one attached hydrogen (secondary N) is 1. The standard InChI is InChI=1S/C20H22N4O2.3ClH/c1-25-18-12-16-15(4-6-22-17(16)13-19(18)26-2)14-3-5-23-20(11-14)24-9-7-21-8-10-24;;;/h3-6,11-13,21H,7-10H2,1-2H3;3*1H. The molecule has 2 aromatic heterocycles. The van der Waals surface area contributed by atoms with Crippen LogP contribution in [0.2, 0.25) is 0 Å². The van der Waals surface area contributed by atoms with Gasteiger partial charge < -0.3 is 19.7 Å². The van der Waals surface area contributed by atoms with Crippen LogP contribution < -0.4 is 19.7 Å². The van der Waals surface area contributed by atoms with Crippen LogP contribution >= 0.6 is 37.2 Å². The average molecular weight is 460 g/mol. The van der Waals surface area contributed by atoms with Crippen molar-refractivity contribution in [1.29, 1.82) is 0 Å². The van der Waals surface area contributed by atoms with E-state index in [2.05, 4.69) is 26.3 Å². The molecule has 0 spiro atoms. The summed E-state index contributed by atoms with van der Waals surface area (Å²) < 4.78 is 10.9. The van der Waals surface area contributed by atoms with Crippen molar-refractivity contribution >= 4 is 53.9 Å². The second-order valence-electron chi connectivity index (χ2n) is 6.22. The SMILES string of the molecule is COc1cc2nccc(-c3ccnc(N4CCNCC4)c3)c2cc1OC.Cl.Cl.Cl. The van der Waals surface area contributed by atoms with E-state index in [-0.39, 0.29) is 37.2 Å². The first-order valence-electron chi connectivity index (χ1n) is 8.73.